The van der Waals surface area contributed by atoms with Crippen molar-refractivity contribution in [1.82, 2.24) is 4.90 Å². The molecule has 0 aromatic heterocycles. The Morgan fingerprint density at radius 1 is 1.38 bits per heavy atom. The number of rotatable bonds is 5. The number of halogens is 2. The normalized spacial score (nSPS) is 18.6. The zero-order valence-electron chi connectivity index (χ0n) is 12.2. The van der Waals surface area contributed by atoms with Crippen LogP contribution in [0.25, 0.3) is 0 Å². The SMILES string of the molecule is CCC(Cc1ccc(F)cc1F)N1CCC(C(=O)O)CC1. The summed E-state index contributed by atoms with van der Waals surface area (Å²) in [6, 6.07) is 3.86. The van der Waals surface area contributed by atoms with Gasteiger partial charge in [0, 0.05) is 12.1 Å². The molecule has 1 unspecified atom stereocenters. The molecule has 1 aromatic rings. The van der Waals surface area contributed by atoms with Crippen LogP contribution < -0.4 is 0 Å². The fraction of sp³-hybridized carbons (Fsp3) is 0.562. The lowest BCUT2D eigenvalue weighted by Crippen LogP contribution is -2.43. The highest BCUT2D eigenvalue weighted by atomic mass is 19.1. The summed E-state index contributed by atoms with van der Waals surface area (Å²) in [5.41, 5.74) is 0.517. The van der Waals surface area contributed by atoms with Gasteiger partial charge in [-0.15, -0.1) is 0 Å². The molecule has 1 aromatic carbocycles. The van der Waals surface area contributed by atoms with Crippen LogP contribution >= 0.6 is 0 Å². The molecule has 1 atom stereocenters. The van der Waals surface area contributed by atoms with Gasteiger partial charge in [-0.25, -0.2) is 8.78 Å². The van der Waals surface area contributed by atoms with Crippen LogP contribution in [-0.2, 0) is 11.2 Å². The van der Waals surface area contributed by atoms with Gasteiger partial charge in [-0.2, -0.15) is 0 Å². The highest BCUT2D eigenvalue weighted by Crippen LogP contribution is 2.23. The van der Waals surface area contributed by atoms with Gasteiger partial charge in [0.1, 0.15) is 11.6 Å². The molecule has 3 nitrogen and oxygen atoms in total. The van der Waals surface area contributed by atoms with Crippen LogP contribution in [0.1, 0.15) is 31.7 Å². The van der Waals surface area contributed by atoms with Crippen molar-refractivity contribution < 1.29 is 18.7 Å². The Morgan fingerprint density at radius 2 is 2.05 bits per heavy atom. The molecular formula is C16H21F2NO2. The van der Waals surface area contributed by atoms with Gasteiger partial charge in [-0.3, -0.25) is 4.79 Å². The van der Waals surface area contributed by atoms with Crippen molar-refractivity contribution in [2.45, 2.75) is 38.6 Å². The van der Waals surface area contributed by atoms with Gasteiger partial charge < -0.3 is 10.0 Å². The molecule has 1 saturated heterocycles. The van der Waals surface area contributed by atoms with Crippen molar-refractivity contribution in [2.24, 2.45) is 5.92 Å². The lowest BCUT2D eigenvalue weighted by Gasteiger charge is -2.36. The lowest BCUT2D eigenvalue weighted by atomic mass is 9.93. The van der Waals surface area contributed by atoms with E-state index in [-0.39, 0.29) is 12.0 Å². The number of benzene rings is 1. The van der Waals surface area contributed by atoms with E-state index in [0.717, 1.165) is 25.6 Å². The van der Waals surface area contributed by atoms with Crippen LogP contribution in [0.3, 0.4) is 0 Å². The fourth-order valence-corrected chi connectivity index (χ4v) is 2.98. The maximum Gasteiger partial charge on any atom is 0.306 e. The van der Waals surface area contributed by atoms with Gasteiger partial charge in [-0.1, -0.05) is 13.0 Å². The molecule has 116 valence electrons. The smallest absolute Gasteiger partial charge is 0.306 e. The minimum atomic E-state index is -0.729. The van der Waals surface area contributed by atoms with E-state index < -0.39 is 17.6 Å². The van der Waals surface area contributed by atoms with Gasteiger partial charge in [0.15, 0.2) is 0 Å². The van der Waals surface area contributed by atoms with Crippen molar-refractivity contribution in [2.75, 3.05) is 13.1 Å². The molecule has 5 heteroatoms. The van der Waals surface area contributed by atoms with Gasteiger partial charge in [0.05, 0.1) is 5.92 Å². The molecule has 1 fully saturated rings. The van der Waals surface area contributed by atoms with Gasteiger partial charge in [-0.05, 0) is 50.4 Å². The third kappa shape index (κ3) is 4.00. The van der Waals surface area contributed by atoms with E-state index in [1.165, 1.54) is 12.1 Å². The number of piperidine rings is 1. The first-order valence-corrected chi connectivity index (χ1v) is 7.42. The average Bonchev–Trinajstić information content (AvgIpc) is 2.47. The Balaban J connectivity index is 1.99. The minimum Gasteiger partial charge on any atom is -0.481 e. The van der Waals surface area contributed by atoms with E-state index in [9.17, 15) is 13.6 Å². The van der Waals surface area contributed by atoms with E-state index in [2.05, 4.69) is 4.90 Å². The predicted molar refractivity (Wildman–Crippen MR) is 76.1 cm³/mol. The summed E-state index contributed by atoms with van der Waals surface area (Å²) < 4.78 is 26.7. The molecule has 0 amide bonds. The van der Waals surface area contributed by atoms with E-state index >= 15 is 0 Å². The zero-order valence-corrected chi connectivity index (χ0v) is 12.2. The Bertz CT molecular complexity index is 499. The Hall–Kier alpha value is -1.49. The quantitative estimate of drug-likeness (QED) is 0.908. The molecule has 0 aliphatic carbocycles. The monoisotopic (exact) mass is 297 g/mol. The van der Waals surface area contributed by atoms with Crippen molar-refractivity contribution in [3.8, 4) is 0 Å². The van der Waals surface area contributed by atoms with Crippen LogP contribution in [0.15, 0.2) is 18.2 Å². The number of nitrogens with zero attached hydrogens (tertiary/aromatic N) is 1. The van der Waals surface area contributed by atoms with Gasteiger partial charge in [0.25, 0.3) is 0 Å². The molecule has 0 spiro atoms. The fourth-order valence-electron chi connectivity index (χ4n) is 2.98. The minimum absolute atomic E-state index is 0.166. The maximum atomic E-state index is 13.7. The average molecular weight is 297 g/mol. The first kappa shape index (κ1) is 15.9. The number of hydrogen-bond donors (Lipinski definition) is 1. The number of aliphatic carboxylic acids is 1. The largest absolute Gasteiger partial charge is 0.481 e. The van der Waals surface area contributed by atoms with Crippen LogP contribution in [0, 0.1) is 17.6 Å². The van der Waals surface area contributed by atoms with E-state index in [1.807, 2.05) is 6.92 Å². The Kier molecular flexibility index (Phi) is 5.28. The molecule has 21 heavy (non-hydrogen) atoms. The maximum absolute atomic E-state index is 13.7. The third-order valence-electron chi connectivity index (χ3n) is 4.34. The number of hydrogen-bond acceptors (Lipinski definition) is 2. The number of carboxylic acids is 1. The van der Waals surface area contributed by atoms with E-state index in [1.54, 1.807) is 0 Å². The van der Waals surface area contributed by atoms with Gasteiger partial charge >= 0.3 is 5.97 Å². The van der Waals surface area contributed by atoms with Crippen LogP contribution in [0.4, 0.5) is 8.78 Å². The molecule has 1 aliphatic rings. The molecule has 0 saturated carbocycles. The third-order valence-corrected chi connectivity index (χ3v) is 4.34. The van der Waals surface area contributed by atoms with E-state index in [0.29, 0.717) is 24.8 Å². The van der Waals surface area contributed by atoms with Crippen molar-refractivity contribution in [1.29, 1.82) is 0 Å². The molecule has 1 heterocycles. The highest BCUT2D eigenvalue weighted by molar-refractivity contribution is 5.70. The first-order chi connectivity index (χ1) is 10.0. The van der Waals surface area contributed by atoms with Crippen molar-refractivity contribution in [3.63, 3.8) is 0 Å². The van der Waals surface area contributed by atoms with Gasteiger partial charge in [0.2, 0.25) is 0 Å². The summed E-state index contributed by atoms with van der Waals surface area (Å²) in [4.78, 5) is 13.2. The molecule has 0 radical (unpaired) electrons. The number of likely N-dealkylation sites (tertiary alicyclic amines) is 1. The summed E-state index contributed by atoms with van der Waals surface area (Å²) in [5, 5.41) is 9.01. The zero-order chi connectivity index (χ0) is 15.4. The molecule has 2 rings (SSSR count). The molecule has 1 N–H and O–H groups in total. The second-order valence-electron chi connectivity index (χ2n) is 5.65. The van der Waals surface area contributed by atoms with Crippen LogP contribution in [0.5, 0.6) is 0 Å². The number of carboxylic acid groups (broad SMARTS) is 1. The van der Waals surface area contributed by atoms with E-state index in [4.69, 9.17) is 5.11 Å². The standard InChI is InChI=1S/C16H21F2NO2/c1-2-14(9-12-3-4-13(17)10-15(12)18)19-7-5-11(6-8-19)16(20)21/h3-4,10-11,14H,2,5-9H2,1H3,(H,20,21). The Labute approximate surface area is 123 Å². The van der Waals surface area contributed by atoms with Crippen LogP contribution in [-0.4, -0.2) is 35.1 Å². The summed E-state index contributed by atoms with van der Waals surface area (Å²) in [5.74, 6) is -2.06. The molecular weight excluding hydrogens is 276 g/mol. The summed E-state index contributed by atoms with van der Waals surface area (Å²) >= 11 is 0. The first-order valence-electron chi connectivity index (χ1n) is 7.42. The summed E-state index contributed by atoms with van der Waals surface area (Å²) in [6.45, 7) is 3.48. The van der Waals surface area contributed by atoms with Crippen molar-refractivity contribution in [3.05, 3.63) is 35.4 Å². The second-order valence-corrected chi connectivity index (χ2v) is 5.65. The number of carbonyl (C=O) groups is 1. The second kappa shape index (κ2) is 6.98. The van der Waals surface area contributed by atoms with Crippen molar-refractivity contribution >= 4 is 5.97 Å². The predicted octanol–water partition coefficient (Wildman–Crippen LogP) is 3.08. The molecule has 1 aliphatic heterocycles. The Morgan fingerprint density at radius 3 is 2.57 bits per heavy atom. The summed E-state index contributed by atoms with van der Waals surface area (Å²) in [6.07, 6.45) is 2.66. The lowest BCUT2D eigenvalue weighted by molar-refractivity contribution is -0.143. The topological polar surface area (TPSA) is 40.5 Å². The highest BCUT2D eigenvalue weighted by Gasteiger charge is 2.28. The van der Waals surface area contributed by atoms with Crippen LogP contribution in [0.2, 0.25) is 0 Å². The molecule has 0 bridgehead atoms. The summed E-state index contributed by atoms with van der Waals surface area (Å²) in [7, 11) is 0.